The first kappa shape index (κ1) is 18.9. The Labute approximate surface area is 155 Å². The van der Waals surface area contributed by atoms with Crippen molar-refractivity contribution in [1.82, 2.24) is 28.4 Å². The van der Waals surface area contributed by atoms with Gasteiger partial charge in [-0.25, -0.2) is 0 Å². The van der Waals surface area contributed by atoms with Crippen LogP contribution in [-0.4, -0.2) is 64.0 Å². The SMILES string of the molecule is CC(C)n1cc(-c2cnc(C[C@@H]3CCN(S(=O)(=O)N(C)C)C3)cn2)cn1. The molecule has 1 fully saturated rings. The lowest BCUT2D eigenvalue weighted by Gasteiger charge is -2.20. The van der Waals surface area contributed by atoms with E-state index in [4.69, 9.17) is 0 Å². The minimum atomic E-state index is -3.33. The number of hydrogen-bond donors (Lipinski definition) is 0. The molecule has 2 aromatic rings. The molecule has 3 rings (SSSR count). The Morgan fingerprint density at radius 3 is 2.58 bits per heavy atom. The van der Waals surface area contributed by atoms with Gasteiger partial charge in [0.2, 0.25) is 0 Å². The van der Waals surface area contributed by atoms with E-state index in [1.54, 1.807) is 37.0 Å². The number of aromatic nitrogens is 4. The van der Waals surface area contributed by atoms with Gasteiger partial charge in [0.05, 0.1) is 23.8 Å². The first-order chi connectivity index (χ1) is 12.3. The van der Waals surface area contributed by atoms with Gasteiger partial charge in [0.25, 0.3) is 10.2 Å². The van der Waals surface area contributed by atoms with Crippen LogP contribution in [0, 0.1) is 5.92 Å². The van der Waals surface area contributed by atoms with E-state index in [1.807, 2.05) is 10.9 Å². The molecule has 1 atom stereocenters. The molecule has 0 bridgehead atoms. The van der Waals surface area contributed by atoms with Gasteiger partial charge in [-0.15, -0.1) is 0 Å². The van der Waals surface area contributed by atoms with Gasteiger partial charge in [-0.1, -0.05) is 0 Å². The third kappa shape index (κ3) is 3.94. The molecule has 0 N–H and O–H groups in total. The molecule has 0 unspecified atom stereocenters. The average Bonchev–Trinajstić information content (AvgIpc) is 3.25. The topological polar surface area (TPSA) is 84.2 Å². The number of rotatable bonds is 6. The normalized spacial score (nSPS) is 18.9. The molecule has 8 nitrogen and oxygen atoms in total. The Morgan fingerprint density at radius 2 is 2.00 bits per heavy atom. The van der Waals surface area contributed by atoms with Crippen molar-refractivity contribution in [2.45, 2.75) is 32.7 Å². The minimum Gasteiger partial charge on any atom is -0.270 e. The summed E-state index contributed by atoms with van der Waals surface area (Å²) in [5, 5.41) is 4.33. The lowest BCUT2D eigenvalue weighted by atomic mass is 10.0. The lowest BCUT2D eigenvalue weighted by molar-refractivity contribution is 0.409. The maximum Gasteiger partial charge on any atom is 0.281 e. The highest BCUT2D eigenvalue weighted by Gasteiger charge is 2.32. The Kier molecular flexibility index (Phi) is 5.40. The van der Waals surface area contributed by atoms with E-state index in [0.717, 1.165) is 29.8 Å². The zero-order valence-corrected chi connectivity index (χ0v) is 16.5. The van der Waals surface area contributed by atoms with Crippen molar-refractivity contribution in [1.29, 1.82) is 0 Å². The summed E-state index contributed by atoms with van der Waals surface area (Å²) in [5.41, 5.74) is 2.63. The van der Waals surface area contributed by atoms with Gasteiger partial charge in [-0.05, 0) is 32.6 Å². The predicted molar refractivity (Wildman–Crippen MR) is 99.6 cm³/mol. The van der Waals surface area contributed by atoms with E-state index < -0.39 is 10.2 Å². The van der Waals surface area contributed by atoms with Crippen LogP contribution in [0.1, 0.15) is 32.0 Å². The maximum absolute atomic E-state index is 12.2. The maximum atomic E-state index is 12.2. The summed E-state index contributed by atoms with van der Waals surface area (Å²) < 4.78 is 29.1. The standard InChI is InChI=1S/C17H26N6O2S/c1-13(2)23-12-15(8-20-23)17-10-18-16(9-19-17)7-14-5-6-22(11-14)26(24,25)21(3)4/h8-10,12-14H,5-7,11H2,1-4H3/t14-/m0/s1. The summed E-state index contributed by atoms with van der Waals surface area (Å²) in [4.78, 5) is 9.02. The fourth-order valence-corrected chi connectivity index (χ4v) is 4.26. The molecule has 0 saturated carbocycles. The van der Waals surface area contributed by atoms with Crippen LogP contribution in [0.25, 0.3) is 11.3 Å². The van der Waals surface area contributed by atoms with E-state index >= 15 is 0 Å². The van der Waals surface area contributed by atoms with Gasteiger partial charge in [0.15, 0.2) is 0 Å². The molecule has 26 heavy (non-hydrogen) atoms. The summed E-state index contributed by atoms with van der Waals surface area (Å²) in [5.74, 6) is 0.272. The van der Waals surface area contributed by atoms with E-state index in [1.165, 1.54) is 4.31 Å². The summed E-state index contributed by atoms with van der Waals surface area (Å²) >= 11 is 0. The summed E-state index contributed by atoms with van der Waals surface area (Å²) in [6.07, 6.45) is 8.89. The summed E-state index contributed by atoms with van der Waals surface area (Å²) in [7, 11) is -0.200. The number of nitrogens with zero attached hydrogens (tertiary/aromatic N) is 6. The third-order valence-corrected chi connectivity index (χ3v) is 6.57. The van der Waals surface area contributed by atoms with Crippen LogP contribution < -0.4 is 0 Å². The van der Waals surface area contributed by atoms with Crippen molar-refractivity contribution in [3.05, 3.63) is 30.5 Å². The van der Waals surface area contributed by atoms with E-state index in [2.05, 4.69) is 28.9 Å². The molecule has 0 amide bonds. The Balaban J connectivity index is 1.63. The highest BCUT2D eigenvalue weighted by Crippen LogP contribution is 2.24. The van der Waals surface area contributed by atoms with Crippen LogP contribution in [0.15, 0.2) is 24.8 Å². The van der Waals surface area contributed by atoms with Gasteiger partial charge in [-0.2, -0.15) is 22.1 Å². The summed E-state index contributed by atoms with van der Waals surface area (Å²) in [6, 6.07) is 0.305. The van der Waals surface area contributed by atoms with Gasteiger partial charge in [0, 0.05) is 51.2 Å². The largest absolute Gasteiger partial charge is 0.281 e. The van der Waals surface area contributed by atoms with Crippen molar-refractivity contribution < 1.29 is 8.42 Å². The van der Waals surface area contributed by atoms with Crippen molar-refractivity contribution >= 4 is 10.2 Å². The number of hydrogen-bond acceptors (Lipinski definition) is 5. The van der Waals surface area contributed by atoms with E-state index in [0.29, 0.717) is 19.1 Å². The minimum absolute atomic E-state index is 0.272. The molecule has 1 saturated heterocycles. The molecule has 1 aliphatic heterocycles. The Bertz CT molecular complexity index is 844. The average molecular weight is 379 g/mol. The molecule has 0 radical (unpaired) electrons. The predicted octanol–water partition coefficient (Wildman–Crippen LogP) is 1.59. The first-order valence-electron chi connectivity index (χ1n) is 8.80. The highest BCUT2D eigenvalue weighted by atomic mass is 32.2. The highest BCUT2D eigenvalue weighted by molar-refractivity contribution is 7.86. The molecular weight excluding hydrogens is 352 g/mol. The lowest BCUT2D eigenvalue weighted by Crippen LogP contribution is -2.38. The molecule has 0 spiro atoms. The van der Waals surface area contributed by atoms with Gasteiger partial charge >= 0.3 is 0 Å². The molecule has 2 aromatic heterocycles. The van der Waals surface area contributed by atoms with Crippen LogP contribution in [-0.2, 0) is 16.6 Å². The van der Waals surface area contributed by atoms with E-state index in [-0.39, 0.29) is 5.92 Å². The Hall–Kier alpha value is -1.84. The van der Waals surface area contributed by atoms with Crippen LogP contribution in [0.3, 0.4) is 0 Å². The zero-order valence-electron chi connectivity index (χ0n) is 15.7. The molecule has 142 valence electrons. The second-order valence-electron chi connectivity index (χ2n) is 7.20. The summed E-state index contributed by atoms with van der Waals surface area (Å²) in [6.45, 7) is 5.25. The van der Waals surface area contributed by atoms with Gasteiger partial charge in [0.1, 0.15) is 0 Å². The van der Waals surface area contributed by atoms with Crippen LogP contribution in [0.5, 0.6) is 0 Å². The monoisotopic (exact) mass is 378 g/mol. The molecule has 0 aliphatic carbocycles. The van der Waals surface area contributed by atoms with Crippen molar-refractivity contribution in [3.8, 4) is 11.3 Å². The fourth-order valence-electron chi connectivity index (χ4n) is 3.06. The van der Waals surface area contributed by atoms with Crippen LogP contribution >= 0.6 is 0 Å². The van der Waals surface area contributed by atoms with Crippen molar-refractivity contribution in [2.75, 3.05) is 27.2 Å². The van der Waals surface area contributed by atoms with E-state index in [9.17, 15) is 8.42 Å². The second kappa shape index (κ2) is 7.42. The molecule has 3 heterocycles. The van der Waals surface area contributed by atoms with Gasteiger partial charge < -0.3 is 0 Å². The van der Waals surface area contributed by atoms with Crippen LogP contribution in [0.4, 0.5) is 0 Å². The molecular formula is C17H26N6O2S. The molecule has 0 aromatic carbocycles. The Morgan fingerprint density at radius 1 is 1.23 bits per heavy atom. The van der Waals surface area contributed by atoms with Gasteiger partial charge in [-0.3, -0.25) is 14.6 Å². The quantitative estimate of drug-likeness (QED) is 0.762. The molecule has 1 aliphatic rings. The fraction of sp³-hybridized carbons (Fsp3) is 0.588. The second-order valence-corrected chi connectivity index (χ2v) is 9.35. The molecule has 9 heteroatoms. The zero-order chi connectivity index (χ0) is 18.9. The van der Waals surface area contributed by atoms with Crippen LogP contribution in [0.2, 0.25) is 0 Å². The first-order valence-corrected chi connectivity index (χ1v) is 10.2. The van der Waals surface area contributed by atoms with Crippen molar-refractivity contribution in [2.24, 2.45) is 5.92 Å². The van der Waals surface area contributed by atoms with Crippen molar-refractivity contribution in [3.63, 3.8) is 0 Å². The smallest absolute Gasteiger partial charge is 0.270 e. The third-order valence-electron chi connectivity index (χ3n) is 4.67.